The van der Waals surface area contributed by atoms with Crippen LogP contribution in [0.2, 0.25) is 0 Å². The molecule has 2 atom stereocenters. The van der Waals surface area contributed by atoms with Gasteiger partial charge >= 0.3 is 0 Å². The van der Waals surface area contributed by atoms with E-state index in [-0.39, 0.29) is 18.1 Å². The van der Waals surface area contributed by atoms with Crippen molar-refractivity contribution >= 4 is 5.91 Å². The summed E-state index contributed by atoms with van der Waals surface area (Å²) in [6, 6.07) is -0.105. The average Bonchev–Trinajstić information content (AvgIpc) is 2.42. The number of methoxy groups -OCH3 is 1. The maximum Gasteiger partial charge on any atom is 0.237 e. The summed E-state index contributed by atoms with van der Waals surface area (Å²) >= 11 is 0. The van der Waals surface area contributed by atoms with Gasteiger partial charge in [-0.2, -0.15) is 0 Å². The number of morpholine rings is 1. The van der Waals surface area contributed by atoms with Crippen molar-refractivity contribution < 1.29 is 14.3 Å². The zero-order chi connectivity index (χ0) is 15.0. The molecular formula is C14H29N3O3. The Morgan fingerprint density at radius 1 is 1.55 bits per heavy atom. The van der Waals surface area contributed by atoms with Crippen LogP contribution in [0.1, 0.15) is 13.3 Å². The number of carbonyl (C=O) groups excluding carboxylic acids is 1. The van der Waals surface area contributed by atoms with Crippen molar-refractivity contribution in [3.05, 3.63) is 0 Å². The van der Waals surface area contributed by atoms with Gasteiger partial charge in [-0.1, -0.05) is 0 Å². The van der Waals surface area contributed by atoms with Crippen LogP contribution in [0, 0.1) is 0 Å². The molecule has 1 aliphatic rings. The molecule has 0 aromatic rings. The van der Waals surface area contributed by atoms with E-state index in [4.69, 9.17) is 9.47 Å². The largest absolute Gasteiger partial charge is 0.385 e. The molecule has 0 aromatic heterocycles. The molecule has 20 heavy (non-hydrogen) atoms. The van der Waals surface area contributed by atoms with Crippen LogP contribution < -0.4 is 5.32 Å². The van der Waals surface area contributed by atoms with Crippen molar-refractivity contribution in [3.8, 4) is 0 Å². The number of hydrogen-bond donors (Lipinski definition) is 1. The third-order valence-electron chi connectivity index (χ3n) is 3.49. The smallest absolute Gasteiger partial charge is 0.237 e. The van der Waals surface area contributed by atoms with Gasteiger partial charge in [0.1, 0.15) is 0 Å². The van der Waals surface area contributed by atoms with Crippen molar-refractivity contribution in [3.63, 3.8) is 0 Å². The summed E-state index contributed by atoms with van der Waals surface area (Å²) in [6.45, 7) is 6.52. The topological polar surface area (TPSA) is 54.0 Å². The molecule has 1 N–H and O–H groups in total. The Labute approximate surface area is 122 Å². The van der Waals surface area contributed by atoms with Gasteiger partial charge in [-0.15, -0.1) is 0 Å². The molecule has 6 heteroatoms. The van der Waals surface area contributed by atoms with Crippen LogP contribution in [0.25, 0.3) is 0 Å². The van der Waals surface area contributed by atoms with E-state index < -0.39 is 0 Å². The predicted molar refractivity (Wildman–Crippen MR) is 78.8 cm³/mol. The Kier molecular flexibility index (Phi) is 8.06. The minimum absolute atomic E-state index is 0.0895. The first-order chi connectivity index (χ1) is 9.54. The first-order valence-corrected chi connectivity index (χ1v) is 7.31. The van der Waals surface area contributed by atoms with Gasteiger partial charge in [-0.3, -0.25) is 9.69 Å². The monoisotopic (exact) mass is 287 g/mol. The molecule has 2 unspecified atom stereocenters. The van der Waals surface area contributed by atoms with Crippen LogP contribution in [-0.4, -0.2) is 88.5 Å². The second kappa shape index (κ2) is 9.28. The lowest BCUT2D eigenvalue weighted by molar-refractivity contribution is -0.129. The lowest BCUT2D eigenvalue weighted by Crippen LogP contribution is -2.54. The standard InChI is InChI=1S/C14H29N3O3/c1-12(14(18)15-6-5-8-19-4)17-7-9-20-13(11-17)10-16(2)3/h12-13H,5-11H2,1-4H3,(H,15,18). The van der Waals surface area contributed by atoms with E-state index in [1.165, 1.54) is 0 Å². The van der Waals surface area contributed by atoms with Crippen LogP contribution in [0.5, 0.6) is 0 Å². The highest BCUT2D eigenvalue weighted by Gasteiger charge is 2.27. The van der Waals surface area contributed by atoms with Crippen LogP contribution in [-0.2, 0) is 14.3 Å². The summed E-state index contributed by atoms with van der Waals surface area (Å²) < 4.78 is 10.7. The minimum atomic E-state index is -0.105. The lowest BCUT2D eigenvalue weighted by Gasteiger charge is -2.37. The Balaban J connectivity index is 2.33. The number of ether oxygens (including phenoxy) is 2. The molecule has 1 saturated heterocycles. The molecule has 0 aliphatic carbocycles. The fourth-order valence-electron chi connectivity index (χ4n) is 2.35. The lowest BCUT2D eigenvalue weighted by atomic mass is 10.2. The van der Waals surface area contributed by atoms with Crippen molar-refractivity contribution in [2.24, 2.45) is 0 Å². The Hall–Kier alpha value is -0.690. The van der Waals surface area contributed by atoms with Crippen LogP contribution in [0.3, 0.4) is 0 Å². The number of likely N-dealkylation sites (N-methyl/N-ethyl adjacent to an activating group) is 1. The molecule has 1 amide bonds. The maximum absolute atomic E-state index is 12.1. The van der Waals surface area contributed by atoms with E-state index in [1.807, 2.05) is 21.0 Å². The molecule has 0 aromatic carbocycles. The first kappa shape index (κ1) is 17.4. The molecule has 118 valence electrons. The summed E-state index contributed by atoms with van der Waals surface area (Å²) in [5, 5.41) is 2.96. The summed E-state index contributed by atoms with van der Waals surface area (Å²) in [7, 11) is 5.74. The molecule has 0 radical (unpaired) electrons. The third-order valence-corrected chi connectivity index (χ3v) is 3.49. The Bertz CT molecular complexity index is 287. The number of hydrogen-bond acceptors (Lipinski definition) is 5. The second-order valence-corrected chi connectivity index (χ2v) is 5.56. The molecule has 6 nitrogen and oxygen atoms in total. The number of nitrogens with one attached hydrogen (secondary N) is 1. The zero-order valence-electron chi connectivity index (χ0n) is 13.2. The summed E-state index contributed by atoms with van der Waals surface area (Å²) in [6.07, 6.45) is 1.03. The van der Waals surface area contributed by atoms with Gasteiger partial charge in [-0.25, -0.2) is 0 Å². The van der Waals surface area contributed by atoms with Gasteiger partial charge in [-0.05, 0) is 27.4 Å². The summed E-state index contributed by atoms with van der Waals surface area (Å²) in [4.78, 5) is 16.4. The highest BCUT2D eigenvalue weighted by atomic mass is 16.5. The van der Waals surface area contributed by atoms with E-state index in [0.717, 1.165) is 26.1 Å². The Morgan fingerprint density at radius 2 is 2.30 bits per heavy atom. The van der Waals surface area contributed by atoms with Crippen molar-refractivity contribution in [1.82, 2.24) is 15.1 Å². The molecule has 0 saturated carbocycles. The van der Waals surface area contributed by atoms with Crippen LogP contribution in [0.15, 0.2) is 0 Å². The Morgan fingerprint density at radius 3 is 2.95 bits per heavy atom. The third kappa shape index (κ3) is 6.17. The van der Waals surface area contributed by atoms with Gasteiger partial charge in [0.2, 0.25) is 5.91 Å². The molecule has 1 fully saturated rings. The fraction of sp³-hybridized carbons (Fsp3) is 0.929. The number of amides is 1. The van der Waals surface area contributed by atoms with Crippen LogP contribution >= 0.6 is 0 Å². The number of nitrogens with zero attached hydrogens (tertiary/aromatic N) is 2. The van der Waals surface area contributed by atoms with Gasteiger partial charge in [0, 0.05) is 39.9 Å². The zero-order valence-corrected chi connectivity index (χ0v) is 13.2. The number of carbonyl (C=O) groups is 1. The van der Waals surface area contributed by atoms with Gasteiger partial charge in [0.25, 0.3) is 0 Å². The molecule has 1 rings (SSSR count). The molecule has 1 heterocycles. The summed E-state index contributed by atoms with van der Waals surface area (Å²) in [5.74, 6) is 0.0895. The van der Waals surface area contributed by atoms with Crippen molar-refractivity contribution in [2.45, 2.75) is 25.5 Å². The van der Waals surface area contributed by atoms with Gasteiger partial charge in [0.05, 0.1) is 18.8 Å². The molecule has 0 spiro atoms. The molecular weight excluding hydrogens is 258 g/mol. The van der Waals surface area contributed by atoms with Crippen molar-refractivity contribution in [1.29, 1.82) is 0 Å². The highest BCUT2D eigenvalue weighted by Crippen LogP contribution is 2.10. The van der Waals surface area contributed by atoms with E-state index in [9.17, 15) is 4.79 Å². The highest BCUT2D eigenvalue weighted by molar-refractivity contribution is 5.81. The molecule has 1 aliphatic heterocycles. The van der Waals surface area contributed by atoms with E-state index >= 15 is 0 Å². The second-order valence-electron chi connectivity index (χ2n) is 5.56. The predicted octanol–water partition coefficient (Wildman–Crippen LogP) is -0.210. The SMILES string of the molecule is COCCCNC(=O)C(C)N1CCOC(CN(C)C)C1. The summed E-state index contributed by atoms with van der Waals surface area (Å²) in [5.41, 5.74) is 0. The average molecular weight is 287 g/mol. The minimum Gasteiger partial charge on any atom is -0.385 e. The van der Waals surface area contributed by atoms with Crippen LogP contribution in [0.4, 0.5) is 0 Å². The maximum atomic E-state index is 12.1. The van der Waals surface area contributed by atoms with Gasteiger partial charge < -0.3 is 19.7 Å². The fourth-order valence-corrected chi connectivity index (χ4v) is 2.35. The van der Waals surface area contributed by atoms with E-state index in [0.29, 0.717) is 19.8 Å². The van der Waals surface area contributed by atoms with E-state index in [2.05, 4.69) is 15.1 Å². The quantitative estimate of drug-likeness (QED) is 0.626. The molecule has 0 bridgehead atoms. The first-order valence-electron chi connectivity index (χ1n) is 7.31. The van der Waals surface area contributed by atoms with Crippen molar-refractivity contribution in [2.75, 3.05) is 60.6 Å². The number of rotatable bonds is 8. The van der Waals surface area contributed by atoms with E-state index in [1.54, 1.807) is 7.11 Å². The van der Waals surface area contributed by atoms with Gasteiger partial charge in [0.15, 0.2) is 0 Å². The normalized spacial score (nSPS) is 21.9.